The lowest BCUT2D eigenvalue weighted by molar-refractivity contribution is 0.505. The van der Waals surface area contributed by atoms with Crippen molar-refractivity contribution in [1.82, 2.24) is 14.3 Å². The van der Waals surface area contributed by atoms with Crippen LogP contribution in [0.25, 0.3) is 0 Å². The minimum absolute atomic E-state index is 0.229. The zero-order valence-corrected chi connectivity index (χ0v) is 9.23. The highest BCUT2D eigenvalue weighted by Gasteiger charge is 2.05. The molecular formula is C11H11F2N3O. The summed E-state index contributed by atoms with van der Waals surface area (Å²) in [4.78, 5) is 11.4. The van der Waals surface area contributed by atoms with Crippen LogP contribution in [0.4, 0.5) is 8.78 Å². The van der Waals surface area contributed by atoms with Crippen LogP contribution in [0.3, 0.4) is 0 Å². The van der Waals surface area contributed by atoms with Gasteiger partial charge in [-0.2, -0.15) is 5.10 Å². The first-order chi connectivity index (χ1) is 8.08. The Bertz CT molecular complexity index is 589. The number of benzene rings is 1. The van der Waals surface area contributed by atoms with Gasteiger partial charge in [-0.3, -0.25) is 4.57 Å². The number of aryl methyl sites for hydroxylation is 3. The van der Waals surface area contributed by atoms with Gasteiger partial charge in [0.15, 0.2) is 11.6 Å². The van der Waals surface area contributed by atoms with E-state index in [9.17, 15) is 13.6 Å². The molecule has 0 N–H and O–H groups in total. The molecule has 6 heteroatoms. The Balaban J connectivity index is 2.10. The fourth-order valence-corrected chi connectivity index (χ4v) is 1.50. The van der Waals surface area contributed by atoms with E-state index in [4.69, 9.17) is 0 Å². The molecule has 17 heavy (non-hydrogen) atoms. The Morgan fingerprint density at radius 1 is 1.29 bits per heavy atom. The number of aromatic nitrogens is 3. The molecule has 0 fully saturated rings. The van der Waals surface area contributed by atoms with Crippen LogP contribution in [-0.4, -0.2) is 14.3 Å². The van der Waals surface area contributed by atoms with Gasteiger partial charge in [-0.25, -0.2) is 18.3 Å². The van der Waals surface area contributed by atoms with Gasteiger partial charge in [-0.1, -0.05) is 6.07 Å². The summed E-state index contributed by atoms with van der Waals surface area (Å²) < 4.78 is 28.2. The lowest BCUT2D eigenvalue weighted by atomic mass is 10.1. The van der Waals surface area contributed by atoms with Crippen LogP contribution >= 0.6 is 0 Å². The molecule has 2 rings (SSSR count). The van der Waals surface area contributed by atoms with E-state index in [1.54, 1.807) is 7.05 Å². The van der Waals surface area contributed by atoms with Gasteiger partial charge in [0.2, 0.25) is 0 Å². The smallest absolute Gasteiger partial charge is 0.285 e. The fourth-order valence-electron chi connectivity index (χ4n) is 1.50. The van der Waals surface area contributed by atoms with Gasteiger partial charge in [0.05, 0.1) is 6.54 Å². The average molecular weight is 239 g/mol. The molecule has 2 aromatic rings. The lowest BCUT2D eigenvalue weighted by Crippen LogP contribution is -2.23. The van der Waals surface area contributed by atoms with Gasteiger partial charge in [0, 0.05) is 7.05 Å². The van der Waals surface area contributed by atoms with E-state index in [1.165, 1.54) is 21.6 Å². The molecule has 0 amide bonds. The van der Waals surface area contributed by atoms with Crippen molar-refractivity contribution in [2.75, 3.05) is 0 Å². The van der Waals surface area contributed by atoms with Crippen LogP contribution < -0.4 is 5.69 Å². The third kappa shape index (κ3) is 2.41. The van der Waals surface area contributed by atoms with Crippen molar-refractivity contribution in [1.29, 1.82) is 0 Å². The number of hydrogen-bond donors (Lipinski definition) is 0. The normalized spacial score (nSPS) is 10.8. The van der Waals surface area contributed by atoms with E-state index in [-0.39, 0.29) is 5.69 Å². The first kappa shape index (κ1) is 11.5. The third-order valence-electron chi connectivity index (χ3n) is 2.48. The Morgan fingerprint density at radius 2 is 2.06 bits per heavy atom. The molecule has 4 nitrogen and oxygen atoms in total. The third-order valence-corrected chi connectivity index (χ3v) is 2.48. The van der Waals surface area contributed by atoms with Crippen LogP contribution in [0.2, 0.25) is 0 Å². The maximum absolute atomic E-state index is 12.9. The van der Waals surface area contributed by atoms with Crippen molar-refractivity contribution < 1.29 is 8.78 Å². The summed E-state index contributed by atoms with van der Waals surface area (Å²) in [5, 5.41) is 3.87. The molecule has 0 spiro atoms. The Hall–Kier alpha value is -1.98. The van der Waals surface area contributed by atoms with E-state index in [1.807, 2.05) is 0 Å². The number of halogens is 2. The first-order valence-electron chi connectivity index (χ1n) is 5.10. The fraction of sp³-hybridized carbons (Fsp3) is 0.273. The predicted octanol–water partition coefficient (Wildman–Crippen LogP) is 1.10. The summed E-state index contributed by atoms with van der Waals surface area (Å²) in [6.07, 6.45) is 1.84. The SMILES string of the molecule is Cn1cnn(CCc2ccc(F)c(F)c2)c1=O. The van der Waals surface area contributed by atoms with Crippen LogP contribution in [0.5, 0.6) is 0 Å². The second-order valence-corrected chi connectivity index (χ2v) is 3.75. The summed E-state index contributed by atoms with van der Waals surface area (Å²) in [7, 11) is 1.60. The zero-order chi connectivity index (χ0) is 12.4. The maximum Gasteiger partial charge on any atom is 0.345 e. The summed E-state index contributed by atoms with van der Waals surface area (Å²) in [5.41, 5.74) is 0.397. The van der Waals surface area contributed by atoms with Gasteiger partial charge in [-0.15, -0.1) is 0 Å². The predicted molar refractivity (Wildman–Crippen MR) is 57.5 cm³/mol. The van der Waals surface area contributed by atoms with E-state index >= 15 is 0 Å². The molecule has 0 saturated carbocycles. The van der Waals surface area contributed by atoms with E-state index < -0.39 is 11.6 Å². The largest absolute Gasteiger partial charge is 0.345 e. The molecule has 0 aliphatic carbocycles. The van der Waals surface area contributed by atoms with Crippen LogP contribution in [0.1, 0.15) is 5.56 Å². The Morgan fingerprint density at radius 3 is 2.65 bits per heavy atom. The summed E-state index contributed by atoms with van der Waals surface area (Å²) in [6.45, 7) is 0.338. The molecule has 0 aliphatic rings. The second-order valence-electron chi connectivity index (χ2n) is 3.75. The quantitative estimate of drug-likeness (QED) is 0.804. The minimum atomic E-state index is -0.879. The molecule has 0 atom stereocenters. The minimum Gasteiger partial charge on any atom is -0.285 e. The molecule has 1 aromatic carbocycles. The standard InChI is InChI=1S/C11H11F2N3O/c1-15-7-14-16(11(15)17)5-4-8-2-3-9(12)10(13)6-8/h2-3,6-7H,4-5H2,1H3. The molecule has 0 saturated heterocycles. The number of nitrogens with zero attached hydrogens (tertiary/aromatic N) is 3. The van der Waals surface area contributed by atoms with E-state index in [2.05, 4.69) is 5.10 Å². The second kappa shape index (κ2) is 4.48. The monoisotopic (exact) mass is 239 g/mol. The maximum atomic E-state index is 12.9. The lowest BCUT2D eigenvalue weighted by Gasteiger charge is -2.01. The highest BCUT2D eigenvalue weighted by molar-refractivity contribution is 5.17. The van der Waals surface area contributed by atoms with E-state index in [0.29, 0.717) is 18.5 Å². The van der Waals surface area contributed by atoms with Crippen molar-refractivity contribution in [3.05, 3.63) is 52.2 Å². The first-order valence-corrected chi connectivity index (χ1v) is 5.10. The van der Waals surface area contributed by atoms with Crippen molar-refractivity contribution in [2.45, 2.75) is 13.0 Å². The molecule has 1 heterocycles. The van der Waals surface area contributed by atoms with Gasteiger partial charge in [-0.05, 0) is 24.1 Å². The molecule has 0 unspecified atom stereocenters. The molecule has 90 valence electrons. The van der Waals surface area contributed by atoms with Crippen LogP contribution in [-0.2, 0) is 20.0 Å². The van der Waals surface area contributed by atoms with Crippen LogP contribution in [0.15, 0.2) is 29.3 Å². The number of rotatable bonds is 3. The van der Waals surface area contributed by atoms with Crippen molar-refractivity contribution in [3.8, 4) is 0 Å². The zero-order valence-electron chi connectivity index (χ0n) is 9.23. The Kier molecular flexibility index (Phi) is 3.03. The summed E-state index contributed by atoms with van der Waals surface area (Å²) in [6, 6.07) is 3.70. The average Bonchev–Trinajstić information content (AvgIpc) is 2.62. The Labute approximate surface area is 96.1 Å². The van der Waals surface area contributed by atoms with Gasteiger partial charge in [0.25, 0.3) is 0 Å². The van der Waals surface area contributed by atoms with Gasteiger partial charge >= 0.3 is 5.69 Å². The van der Waals surface area contributed by atoms with Crippen LogP contribution in [0, 0.1) is 11.6 Å². The van der Waals surface area contributed by atoms with Crippen molar-refractivity contribution in [2.24, 2.45) is 7.05 Å². The van der Waals surface area contributed by atoms with E-state index in [0.717, 1.165) is 12.1 Å². The van der Waals surface area contributed by atoms with Gasteiger partial charge in [0.1, 0.15) is 6.33 Å². The van der Waals surface area contributed by atoms with Crippen molar-refractivity contribution in [3.63, 3.8) is 0 Å². The molecular weight excluding hydrogens is 228 g/mol. The summed E-state index contributed by atoms with van der Waals surface area (Å²) >= 11 is 0. The van der Waals surface area contributed by atoms with Crippen molar-refractivity contribution >= 4 is 0 Å². The summed E-state index contributed by atoms with van der Waals surface area (Å²) in [5.74, 6) is -1.75. The molecule has 1 aromatic heterocycles. The molecule has 0 aliphatic heterocycles. The highest BCUT2D eigenvalue weighted by Crippen LogP contribution is 2.09. The van der Waals surface area contributed by atoms with Gasteiger partial charge < -0.3 is 0 Å². The molecule has 0 bridgehead atoms. The highest BCUT2D eigenvalue weighted by atomic mass is 19.2. The molecule has 0 radical (unpaired) electrons. The number of hydrogen-bond acceptors (Lipinski definition) is 2. The topological polar surface area (TPSA) is 39.8 Å².